The number of nitrogens with two attached hydrogens (primary N) is 1. The predicted molar refractivity (Wildman–Crippen MR) is 223 cm³/mol. The molecular weight excluding hydrogens is 728 g/mol. The molecule has 57 heavy (non-hydrogen) atoms. The van der Waals surface area contributed by atoms with Gasteiger partial charge in [-0.05, 0) is 19.3 Å². The summed E-state index contributed by atoms with van der Waals surface area (Å²) in [7, 11) is 0. The minimum Gasteiger partial charge on any atom is -0.463 e. The molecular formula is C45H82N2O10. The fourth-order valence-corrected chi connectivity index (χ4v) is 7.73. The standard InChI is InChI=1S/C45H82N2O10/c1-7-9-10-11-12-13-14-15-16-17-18-19-20-21-22-23-24-25-26-27-28-29-30-31-42(52)47-39(38(46)8-2)32-40-43(54-35(4)49)45(56-37(6)51)44(55-36(5)50)41(57-40)33-53-34(3)48/h38-41,43-45H,7-33,46H2,1-6H3,(H,47,52)/t38-,39-,40?,41-,43+,44+,45-/m1/s1. The number of rotatable bonds is 34. The molecule has 0 saturated carbocycles. The zero-order valence-electron chi connectivity index (χ0n) is 36.8. The summed E-state index contributed by atoms with van der Waals surface area (Å²) in [6, 6.07) is -1.04. The molecule has 1 saturated heterocycles. The van der Waals surface area contributed by atoms with Crippen LogP contribution in [0.5, 0.6) is 0 Å². The molecule has 0 aromatic rings. The van der Waals surface area contributed by atoms with Crippen molar-refractivity contribution in [1.29, 1.82) is 0 Å². The molecule has 0 aromatic heterocycles. The third-order valence-corrected chi connectivity index (χ3v) is 10.9. The van der Waals surface area contributed by atoms with E-state index in [1.807, 2.05) is 6.92 Å². The summed E-state index contributed by atoms with van der Waals surface area (Å²) < 4.78 is 28.1. The van der Waals surface area contributed by atoms with Crippen LogP contribution in [-0.2, 0) is 47.7 Å². The van der Waals surface area contributed by atoms with Crippen molar-refractivity contribution >= 4 is 29.8 Å². The van der Waals surface area contributed by atoms with Gasteiger partial charge in [0.15, 0.2) is 18.3 Å². The van der Waals surface area contributed by atoms with Crippen molar-refractivity contribution in [2.24, 2.45) is 5.73 Å². The first-order valence-electron chi connectivity index (χ1n) is 22.7. The third kappa shape index (κ3) is 26.1. The first-order valence-corrected chi connectivity index (χ1v) is 22.7. The van der Waals surface area contributed by atoms with E-state index in [0.29, 0.717) is 12.8 Å². The van der Waals surface area contributed by atoms with Gasteiger partial charge in [-0.3, -0.25) is 24.0 Å². The van der Waals surface area contributed by atoms with Gasteiger partial charge in [-0.2, -0.15) is 0 Å². The van der Waals surface area contributed by atoms with Gasteiger partial charge in [0, 0.05) is 46.2 Å². The quantitative estimate of drug-likeness (QED) is 0.0361. The van der Waals surface area contributed by atoms with E-state index in [2.05, 4.69) is 12.2 Å². The van der Waals surface area contributed by atoms with Crippen LogP contribution in [0.4, 0.5) is 0 Å². The van der Waals surface area contributed by atoms with Crippen molar-refractivity contribution in [1.82, 2.24) is 5.32 Å². The lowest BCUT2D eigenvalue weighted by molar-refractivity contribution is -0.254. The molecule has 332 valence electrons. The normalized spacial score (nSPS) is 20.3. The van der Waals surface area contributed by atoms with Gasteiger partial charge < -0.3 is 34.7 Å². The molecule has 12 nitrogen and oxygen atoms in total. The lowest BCUT2D eigenvalue weighted by Crippen LogP contribution is -2.64. The molecule has 1 fully saturated rings. The summed E-state index contributed by atoms with van der Waals surface area (Å²) >= 11 is 0. The van der Waals surface area contributed by atoms with Crippen LogP contribution in [0.2, 0.25) is 0 Å². The van der Waals surface area contributed by atoms with Crippen LogP contribution in [0.3, 0.4) is 0 Å². The number of amides is 1. The van der Waals surface area contributed by atoms with Gasteiger partial charge in [0.1, 0.15) is 18.8 Å². The molecule has 3 N–H and O–H groups in total. The van der Waals surface area contributed by atoms with Gasteiger partial charge in [0.2, 0.25) is 5.91 Å². The minimum absolute atomic E-state index is 0.0965. The lowest BCUT2D eigenvalue weighted by Gasteiger charge is -2.45. The Morgan fingerprint density at radius 2 is 0.895 bits per heavy atom. The number of unbranched alkanes of at least 4 members (excludes halogenated alkanes) is 22. The smallest absolute Gasteiger partial charge is 0.303 e. The molecule has 0 radical (unpaired) electrons. The second-order valence-corrected chi connectivity index (χ2v) is 16.2. The Balaban J connectivity index is 2.43. The Morgan fingerprint density at radius 1 is 0.526 bits per heavy atom. The van der Waals surface area contributed by atoms with E-state index >= 15 is 0 Å². The Labute approximate surface area is 345 Å². The first-order chi connectivity index (χ1) is 27.4. The summed E-state index contributed by atoms with van der Waals surface area (Å²) in [6.45, 7) is 8.64. The fraction of sp³-hybridized carbons (Fsp3) is 0.889. The number of hydrogen-bond donors (Lipinski definition) is 2. The number of ether oxygens (including phenoxy) is 5. The predicted octanol–water partition coefficient (Wildman–Crippen LogP) is 9.11. The maximum atomic E-state index is 13.1. The van der Waals surface area contributed by atoms with Crippen LogP contribution < -0.4 is 11.1 Å². The Morgan fingerprint density at radius 3 is 1.26 bits per heavy atom. The second kappa shape index (κ2) is 33.1. The number of nitrogens with one attached hydrogen (secondary N) is 1. The zero-order chi connectivity index (χ0) is 42.3. The van der Waals surface area contributed by atoms with E-state index < -0.39 is 66.5 Å². The highest BCUT2D eigenvalue weighted by molar-refractivity contribution is 5.76. The van der Waals surface area contributed by atoms with Crippen LogP contribution in [0, 0.1) is 0 Å². The Bertz CT molecular complexity index is 1100. The molecule has 1 amide bonds. The van der Waals surface area contributed by atoms with Gasteiger partial charge in [0.05, 0.1) is 0 Å². The SMILES string of the molecule is CCCCCCCCCCCCCCCCCCCCCCCCCC(=O)N[C@H](CC1O[C@H](COC(C)=O)[C@H](OC(C)=O)[C@H](OC(C)=O)[C@H]1OC(C)=O)[C@H](N)CC. The number of hydrogen-bond acceptors (Lipinski definition) is 11. The monoisotopic (exact) mass is 811 g/mol. The summed E-state index contributed by atoms with van der Waals surface area (Å²) in [4.78, 5) is 61.3. The maximum Gasteiger partial charge on any atom is 0.303 e. The summed E-state index contributed by atoms with van der Waals surface area (Å²) in [5, 5.41) is 3.06. The van der Waals surface area contributed by atoms with Crippen molar-refractivity contribution in [3.05, 3.63) is 0 Å². The lowest BCUT2D eigenvalue weighted by atomic mass is 9.88. The Hall–Kier alpha value is -2.73. The summed E-state index contributed by atoms with van der Waals surface area (Å²) in [6.07, 6.45) is 25.4. The first kappa shape index (κ1) is 52.3. The molecule has 0 aromatic carbocycles. The molecule has 1 rings (SSSR count). The molecule has 0 spiro atoms. The minimum atomic E-state index is -1.27. The average Bonchev–Trinajstić information content (AvgIpc) is 3.15. The molecule has 1 unspecified atom stereocenters. The molecule has 1 heterocycles. The molecule has 1 aliphatic rings. The third-order valence-electron chi connectivity index (χ3n) is 10.9. The van der Waals surface area contributed by atoms with Crippen molar-refractivity contribution < 1.29 is 47.7 Å². The van der Waals surface area contributed by atoms with Crippen molar-refractivity contribution in [2.45, 2.75) is 251 Å². The van der Waals surface area contributed by atoms with Crippen LogP contribution in [0.25, 0.3) is 0 Å². The highest BCUT2D eigenvalue weighted by Crippen LogP contribution is 2.32. The van der Waals surface area contributed by atoms with E-state index in [-0.39, 0.29) is 18.9 Å². The molecule has 1 aliphatic heterocycles. The highest BCUT2D eigenvalue weighted by atomic mass is 16.7. The van der Waals surface area contributed by atoms with Gasteiger partial charge >= 0.3 is 23.9 Å². The van der Waals surface area contributed by atoms with Gasteiger partial charge in [-0.25, -0.2) is 0 Å². The van der Waals surface area contributed by atoms with Crippen LogP contribution in [0.1, 0.15) is 208 Å². The van der Waals surface area contributed by atoms with Gasteiger partial charge in [-0.1, -0.05) is 155 Å². The van der Waals surface area contributed by atoms with Gasteiger partial charge in [0.25, 0.3) is 0 Å². The second-order valence-electron chi connectivity index (χ2n) is 16.2. The number of esters is 4. The van der Waals surface area contributed by atoms with E-state index in [4.69, 9.17) is 29.4 Å². The van der Waals surface area contributed by atoms with E-state index in [9.17, 15) is 24.0 Å². The number of carbonyl (C=O) groups is 5. The number of carbonyl (C=O) groups excluding carboxylic acids is 5. The van der Waals surface area contributed by atoms with Gasteiger partial charge in [-0.15, -0.1) is 0 Å². The van der Waals surface area contributed by atoms with Crippen molar-refractivity contribution in [2.75, 3.05) is 6.61 Å². The summed E-state index contributed by atoms with van der Waals surface area (Å²) in [5.41, 5.74) is 6.48. The van der Waals surface area contributed by atoms with Crippen LogP contribution >= 0.6 is 0 Å². The molecule has 0 bridgehead atoms. The molecule has 12 heteroatoms. The molecule has 0 aliphatic carbocycles. The van der Waals surface area contributed by atoms with E-state index in [0.717, 1.165) is 19.3 Å². The topological polar surface area (TPSA) is 170 Å². The van der Waals surface area contributed by atoms with Crippen LogP contribution in [-0.4, -0.2) is 79.0 Å². The average molecular weight is 811 g/mol. The van der Waals surface area contributed by atoms with E-state index in [1.165, 1.54) is 156 Å². The summed E-state index contributed by atoms with van der Waals surface area (Å²) in [5.74, 6) is -2.81. The van der Waals surface area contributed by atoms with Crippen molar-refractivity contribution in [3.8, 4) is 0 Å². The Kier molecular flexibility index (Phi) is 30.4. The van der Waals surface area contributed by atoms with Crippen molar-refractivity contribution in [3.63, 3.8) is 0 Å². The van der Waals surface area contributed by atoms with Crippen LogP contribution in [0.15, 0.2) is 0 Å². The maximum absolute atomic E-state index is 13.1. The fourth-order valence-electron chi connectivity index (χ4n) is 7.73. The van der Waals surface area contributed by atoms with E-state index in [1.54, 1.807) is 0 Å². The largest absolute Gasteiger partial charge is 0.463 e. The highest BCUT2D eigenvalue weighted by Gasteiger charge is 2.52. The zero-order valence-corrected chi connectivity index (χ0v) is 36.8. The molecule has 7 atom stereocenters.